The van der Waals surface area contributed by atoms with E-state index in [2.05, 4.69) is 50.2 Å². The first-order chi connectivity index (χ1) is 14.8. The van der Waals surface area contributed by atoms with Crippen LogP contribution in [-0.2, 0) is 5.75 Å². The first-order valence-electron chi connectivity index (χ1n) is 10.1. The summed E-state index contributed by atoms with van der Waals surface area (Å²) in [5, 5.41) is 9.60. The molecule has 2 aromatic heterocycles. The largest absolute Gasteiger partial charge is 0.367 e. The second-order valence-electron chi connectivity index (χ2n) is 7.33. The van der Waals surface area contributed by atoms with Crippen LogP contribution in [0.15, 0.2) is 66.0 Å². The van der Waals surface area contributed by atoms with Gasteiger partial charge in [-0.3, -0.25) is 9.78 Å². The third kappa shape index (κ3) is 3.86. The molecular weight excluding hydrogens is 394 g/mol. The summed E-state index contributed by atoms with van der Waals surface area (Å²) >= 11 is 0. The molecule has 1 saturated heterocycles. The Kier molecular flexibility index (Phi) is 5.29. The summed E-state index contributed by atoms with van der Waals surface area (Å²) in [6.45, 7) is 3.67. The van der Waals surface area contributed by atoms with Crippen molar-refractivity contribution in [1.82, 2.24) is 15.3 Å². The molecule has 7 heteroatoms. The van der Waals surface area contributed by atoms with Gasteiger partial charge in [0.05, 0.1) is 22.6 Å². The van der Waals surface area contributed by atoms with Gasteiger partial charge in [0, 0.05) is 38.1 Å². The van der Waals surface area contributed by atoms with Crippen molar-refractivity contribution in [1.29, 1.82) is 0 Å². The quantitative estimate of drug-likeness (QED) is 0.639. The van der Waals surface area contributed by atoms with E-state index in [4.69, 9.17) is 4.98 Å². The number of hydrogen-bond acceptors (Lipinski definition) is 5. The molecular formula is C23H23N5OS. The van der Waals surface area contributed by atoms with E-state index in [1.165, 1.54) is 11.1 Å². The molecule has 2 aliphatic heterocycles. The molecule has 0 bridgehead atoms. The van der Waals surface area contributed by atoms with E-state index in [0.29, 0.717) is 5.69 Å². The highest BCUT2D eigenvalue weighted by atomic mass is 32.2. The molecule has 3 aromatic rings. The maximum Gasteiger partial charge on any atom is 0.274 e. The summed E-state index contributed by atoms with van der Waals surface area (Å²) in [7, 11) is -0.112. The number of benzene rings is 1. The van der Waals surface area contributed by atoms with Crippen LogP contribution in [0, 0.1) is 0 Å². The maximum atomic E-state index is 13.0. The van der Waals surface area contributed by atoms with Crippen LogP contribution in [0.5, 0.6) is 0 Å². The number of piperazine rings is 1. The van der Waals surface area contributed by atoms with Gasteiger partial charge in [-0.05, 0) is 34.7 Å². The van der Waals surface area contributed by atoms with Crippen molar-refractivity contribution in [2.45, 2.75) is 10.8 Å². The maximum absolute atomic E-state index is 13.0. The predicted octanol–water partition coefficient (Wildman–Crippen LogP) is 3.13. The average molecular weight is 418 g/mol. The van der Waals surface area contributed by atoms with Gasteiger partial charge >= 0.3 is 0 Å². The molecule has 1 atom stereocenters. The number of aromatic nitrogens is 2. The Bertz CT molecular complexity index is 1120. The molecule has 1 unspecified atom stereocenters. The van der Waals surface area contributed by atoms with Gasteiger partial charge in [0.15, 0.2) is 0 Å². The van der Waals surface area contributed by atoms with Crippen LogP contribution in [0.3, 0.4) is 0 Å². The fourth-order valence-corrected chi connectivity index (χ4v) is 5.77. The Morgan fingerprint density at radius 3 is 2.80 bits per heavy atom. The van der Waals surface area contributed by atoms with Crippen molar-refractivity contribution < 1.29 is 4.79 Å². The second-order valence-corrected chi connectivity index (χ2v) is 9.14. The molecule has 0 radical (unpaired) electrons. The molecule has 5 rings (SSSR count). The summed E-state index contributed by atoms with van der Waals surface area (Å²) in [4.78, 5) is 24.2. The Labute approximate surface area is 178 Å². The van der Waals surface area contributed by atoms with Crippen molar-refractivity contribution in [3.8, 4) is 0 Å². The molecule has 2 N–H and O–H groups in total. The number of nitrogens with zero attached hydrogens (tertiary/aromatic N) is 3. The van der Waals surface area contributed by atoms with Gasteiger partial charge in [0.1, 0.15) is 5.69 Å². The van der Waals surface area contributed by atoms with E-state index in [9.17, 15) is 4.79 Å². The number of hydrogen-bond donors (Lipinski definition) is 2. The summed E-state index contributed by atoms with van der Waals surface area (Å²) in [5.74, 6) is 0.742. The highest BCUT2D eigenvalue weighted by molar-refractivity contribution is 8.14. The first kappa shape index (κ1) is 19.0. The molecule has 6 nitrogen and oxygen atoms in total. The van der Waals surface area contributed by atoms with Crippen molar-refractivity contribution >= 4 is 33.1 Å². The minimum absolute atomic E-state index is 0.112. The number of anilines is 2. The Morgan fingerprint density at radius 2 is 1.93 bits per heavy atom. The van der Waals surface area contributed by atoms with E-state index in [0.717, 1.165) is 48.3 Å². The van der Waals surface area contributed by atoms with Gasteiger partial charge < -0.3 is 15.5 Å². The number of fused-ring (bicyclic) bond motifs is 1. The summed E-state index contributed by atoms with van der Waals surface area (Å²) < 4.78 is 0. The standard InChI is InChI=1S/C23H23N5OS/c29-23(27-20-14-25-9-8-21(20)28-12-10-24-11-13-28)19-6-3-7-22(26-19)30-15-17-4-1-2-5-18(17)16-30/h1-9,14-15,24H,10-13,16H2,(H,27,29). The summed E-state index contributed by atoms with van der Waals surface area (Å²) in [5.41, 5.74) is 4.76. The number of pyridine rings is 2. The smallest absolute Gasteiger partial charge is 0.274 e. The van der Waals surface area contributed by atoms with E-state index in [1.807, 2.05) is 18.2 Å². The fourth-order valence-electron chi connectivity index (χ4n) is 3.82. The SMILES string of the molecule is O=C(Nc1cnccc1N1CCNCC1)c1cccc(S2=Cc3ccccc3C2)n1. The van der Waals surface area contributed by atoms with Crippen molar-refractivity contribution in [3.63, 3.8) is 0 Å². The summed E-state index contributed by atoms with van der Waals surface area (Å²) in [6.07, 6.45) is 3.48. The summed E-state index contributed by atoms with van der Waals surface area (Å²) in [6, 6.07) is 16.1. The second kappa shape index (κ2) is 8.38. The normalized spacial score (nSPS) is 17.9. The Morgan fingerprint density at radius 1 is 1.07 bits per heavy atom. The van der Waals surface area contributed by atoms with Gasteiger partial charge in [-0.15, -0.1) is 10.5 Å². The van der Waals surface area contributed by atoms with E-state index < -0.39 is 0 Å². The van der Waals surface area contributed by atoms with Gasteiger partial charge in [-0.25, -0.2) is 4.98 Å². The molecule has 1 amide bonds. The fraction of sp³-hybridized carbons (Fsp3) is 0.217. The van der Waals surface area contributed by atoms with Crippen LogP contribution < -0.4 is 15.5 Å². The zero-order chi connectivity index (χ0) is 20.3. The third-order valence-electron chi connectivity index (χ3n) is 5.36. The molecule has 2 aliphatic rings. The van der Waals surface area contributed by atoms with Gasteiger partial charge in [0.2, 0.25) is 0 Å². The predicted molar refractivity (Wildman–Crippen MR) is 123 cm³/mol. The van der Waals surface area contributed by atoms with Crippen molar-refractivity contribution in [2.24, 2.45) is 0 Å². The molecule has 4 heterocycles. The topological polar surface area (TPSA) is 70.2 Å². The number of carbonyl (C=O) groups excluding carboxylic acids is 1. The van der Waals surface area contributed by atoms with Crippen LogP contribution in [0.1, 0.15) is 21.6 Å². The minimum Gasteiger partial charge on any atom is -0.367 e. The van der Waals surface area contributed by atoms with Crippen LogP contribution in [-0.4, -0.2) is 47.4 Å². The average Bonchev–Trinajstić information content (AvgIpc) is 3.25. The zero-order valence-electron chi connectivity index (χ0n) is 16.5. The third-order valence-corrected chi connectivity index (χ3v) is 7.29. The first-order valence-corrected chi connectivity index (χ1v) is 11.5. The molecule has 152 valence electrons. The van der Waals surface area contributed by atoms with E-state index >= 15 is 0 Å². The molecule has 1 aromatic carbocycles. The molecule has 0 aliphatic carbocycles. The van der Waals surface area contributed by atoms with Gasteiger partial charge in [0.25, 0.3) is 5.91 Å². The monoisotopic (exact) mass is 417 g/mol. The molecule has 1 fully saturated rings. The molecule has 0 saturated carbocycles. The molecule has 0 spiro atoms. The van der Waals surface area contributed by atoms with Gasteiger partial charge in [-0.1, -0.05) is 30.3 Å². The number of rotatable bonds is 4. The van der Waals surface area contributed by atoms with Crippen molar-refractivity contribution in [3.05, 3.63) is 77.7 Å². The lowest BCUT2D eigenvalue weighted by Crippen LogP contribution is -2.43. The van der Waals surface area contributed by atoms with E-state index in [-0.39, 0.29) is 16.4 Å². The molecule has 30 heavy (non-hydrogen) atoms. The Balaban J connectivity index is 1.37. The Hall–Kier alpha value is -3.03. The van der Waals surface area contributed by atoms with Crippen LogP contribution in [0.4, 0.5) is 11.4 Å². The highest BCUT2D eigenvalue weighted by Gasteiger charge is 2.18. The van der Waals surface area contributed by atoms with Crippen molar-refractivity contribution in [2.75, 3.05) is 36.4 Å². The van der Waals surface area contributed by atoms with Crippen LogP contribution in [0.25, 0.3) is 0 Å². The highest BCUT2D eigenvalue weighted by Crippen LogP contribution is 2.36. The van der Waals surface area contributed by atoms with Gasteiger partial charge in [-0.2, -0.15) is 0 Å². The van der Waals surface area contributed by atoms with Crippen LogP contribution >= 0.6 is 10.5 Å². The lowest BCUT2D eigenvalue weighted by molar-refractivity contribution is 0.102. The van der Waals surface area contributed by atoms with E-state index in [1.54, 1.807) is 18.5 Å². The lowest BCUT2D eigenvalue weighted by atomic mass is 10.1. The minimum atomic E-state index is -0.207. The zero-order valence-corrected chi connectivity index (χ0v) is 17.4. The lowest BCUT2D eigenvalue weighted by Gasteiger charge is -2.30. The number of carbonyl (C=O) groups is 1. The number of amides is 1. The number of nitrogens with one attached hydrogen (secondary N) is 2. The van der Waals surface area contributed by atoms with Crippen LogP contribution in [0.2, 0.25) is 0 Å².